The van der Waals surface area contributed by atoms with E-state index in [2.05, 4.69) is 22.4 Å². The first-order valence-electron chi connectivity index (χ1n) is 6.75. The van der Waals surface area contributed by atoms with Crippen molar-refractivity contribution in [3.05, 3.63) is 5.01 Å². The Morgan fingerprint density at radius 2 is 2.42 bits per heavy atom. The van der Waals surface area contributed by atoms with Crippen LogP contribution in [0.15, 0.2) is 0 Å². The highest BCUT2D eigenvalue weighted by Gasteiger charge is 2.28. The van der Waals surface area contributed by atoms with E-state index in [1.807, 2.05) is 0 Å². The maximum atomic E-state index is 12.0. The molecule has 106 valence electrons. The molecule has 1 fully saturated rings. The van der Waals surface area contributed by atoms with Crippen LogP contribution < -0.4 is 5.32 Å². The van der Waals surface area contributed by atoms with Crippen LogP contribution in [0.3, 0.4) is 0 Å². The van der Waals surface area contributed by atoms with Crippen molar-refractivity contribution >= 4 is 22.5 Å². The van der Waals surface area contributed by atoms with Gasteiger partial charge in [-0.2, -0.15) is 0 Å². The van der Waals surface area contributed by atoms with Crippen LogP contribution in [0.1, 0.15) is 37.6 Å². The second-order valence-corrected chi connectivity index (χ2v) is 5.77. The number of likely N-dealkylation sites (tertiary alicyclic amines) is 1. The lowest BCUT2D eigenvalue weighted by Crippen LogP contribution is -2.40. The van der Waals surface area contributed by atoms with Gasteiger partial charge in [0.15, 0.2) is 0 Å². The highest BCUT2D eigenvalue weighted by molar-refractivity contribution is 7.15. The quantitative estimate of drug-likeness (QED) is 0.865. The summed E-state index contributed by atoms with van der Waals surface area (Å²) in [6.07, 6.45) is 4.92. The first-order valence-corrected chi connectivity index (χ1v) is 7.57. The standard InChI is InChI=1S/C12H20N4O2S/c1-2-3-6-10-14-15-11(19-10)13-12(18)16-7-4-5-9(16)8-17/h9,17H,2-8H2,1H3,(H,13,15,18)/t9-/m0/s1. The molecule has 0 bridgehead atoms. The average Bonchev–Trinajstić information content (AvgIpc) is 3.04. The van der Waals surface area contributed by atoms with Gasteiger partial charge in [0.25, 0.3) is 0 Å². The Morgan fingerprint density at radius 1 is 1.58 bits per heavy atom. The number of amides is 2. The molecule has 2 heterocycles. The highest BCUT2D eigenvalue weighted by Crippen LogP contribution is 2.21. The lowest BCUT2D eigenvalue weighted by molar-refractivity contribution is 0.166. The summed E-state index contributed by atoms with van der Waals surface area (Å²) in [5, 5.41) is 21.5. The van der Waals surface area contributed by atoms with E-state index >= 15 is 0 Å². The van der Waals surface area contributed by atoms with E-state index in [0.29, 0.717) is 11.7 Å². The van der Waals surface area contributed by atoms with Crippen molar-refractivity contribution in [2.45, 2.75) is 45.1 Å². The number of aromatic nitrogens is 2. The summed E-state index contributed by atoms with van der Waals surface area (Å²) >= 11 is 1.43. The van der Waals surface area contributed by atoms with Gasteiger partial charge < -0.3 is 10.0 Å². The second-order valence-electron chi connectivity index (χ2n) is 4.71. The molecule has 0 spiro atoms. The summed E-state index contributed by atoms with van der Waals surface area (Å²) in [4.78, 5) is 13.7. The number of hydrogen-bond acceptors (Lipinski definition) is 5. The molecule has 19 heavy (non-hydrogen) atoms. The van der Waals surface area contributed by atoms with Crippen LogP contribution in [-0.4, -0.2) is 45.4 Å². The minimum Gasteiger partial charge on any atom is -0.394 e. The lowest BCUT2D eigenvalue weighted by atomic mass is 10.2. The average molecular weight is 284 g/mol. The predicted molar refractivity (Wildman–Crippen MR) is 74.4 cm³/mol. The maximum Gasteiger partial charge on any atom is 0.324 e. The number of carbonyl (C=O) groups is 1. The maximum absolute atomic E-state index is 12.0. The van der Waals surface area contributed by atoms with Gasteiger partial charge in [-0.3, -0.25) is 5.32 Å². The van der Waals surface area contributed by atoms with Crippen LogP contribution in [0, 0.1) is 0 Å². The fraction of sp³-hybridized carbons (Fsp3) is 0.750. The van der Waals surface area contributed by atoms with Gasteiger partial charge in [0.05, 0.1) is 12.6 Å². The molecule has 6 nitrogen and oxygen atoms in total. The van der Waals surface area contributed by atoms with Crippen molar-refractivity contribution in [2.75, 3.05) is 18.5 Å². The molecule has 2 amide bonds. The number of aryl methyl sites for hydroxylation is 1. The fourth-order valence-corrected chi connectivity index (χ4v) is 2.96. The number of nitrogens with one attached hydrogen (secondary N) is 1. The van der Waals surface area contributed by atoms with E-state index in [-0.39, 0.29) is 18.7 Å². The number of aliphatic hydroxyl groups is 1. The van der Waals surface area contributed by atoms with Crippen LogP contribution >= 0.6 is 11.3 Å². The molecule has 1 atom stereocenters. The number of aliphatic hydroxyl groups excluding tert-OH is 1. The molecule has 2 rings (SSSR count). The van der Waals surface area contributed by atoms with Gasteiger partial charge in [-0.05, 0) is 19.3 Å². The highest BCUT2D eigenvalue weighted by atomic mass is 32.1. The van der Waals surface area contributed by atoms with E-state index in [0.717, 1.165) is 37.1 Å². The molecule has 1 aromatic heterocycles. The SMILES string of the molecule is CCCCc1nnc(NC(=O)N2CCC[C@H]2CO)s1. The zero-order valence-corrected chi connectivity index (χ0v) is 11.9. The number of rotatable bonds is 5. The summed E-state index contributed by atoms with van der Waals surface area (Å²) < 4.78 is 0. The Hall–Kier alpha value is -1.21. The molecule has 1 aliphatic rings. The summed E-state index contributed by atoms with van der Waals surface area (Å²) in [5.74, 6) is 0. The fourth-order valence-electron chi connectivity index (χ4n) is 2.19. The minimum atomic E-state index is -0.185. The third-order valence-corrected chi connectivity index (χ3v) is 4.17. The number of hydrogen-bond donors (Lipinski definition) is 2. The first kappa shape index (κ1) is 14.2. The molecule has 0 aromatic carbocycles. The smallest absolute Gasteiger partial charge is 0.324 e. The molecule has 0 radical (unpaired) electrons. The molecule has 0 unspecified atom stereocenters. The molecule has 1 aliphatic heterocycles. The Morgan fingerprint density at radius 3 is 3.16 bits per heavy atom. The molecule has 7 heteroatoms. The number of unbranched alkanes of at least 4 members (excludes halogenated alkanes) is 1. The number of urea groups is 1. The topological polar surface area (TPSA) is 78.4 Å². The van der Waals surface area contributed by atoms with Gasteiger partial charge in [0.1, 0.15) is 5.01 Å². The zero-order valence-electron chi connectivity index (χ0n) is 11.1. The van der Waals surface area contributed by atoms with Gasteiger partial charge in [-0.15, -0.1) is 10.2 Å². The van der Waals surface area contributed by atoms with Crippen molar-refractivity contribution in [1.82, 2.24) is 15.1 Å². The summed E-state index contributed by atoms with van der Waals surface area (Å²) in [7, 11) is 0. The second kappa shape index (κ2) is 6.81. The molecule has 0 saturated carbocycles. The van der Waals surface area contributed by atoms with Crippen LogP contribution in [0.2, 0.25) is 0 Å². The first-order chi connectivity index (χ1) is 9.24. The lowest BCUT2D eigenvalue weighted by Gasteiger charge is -2.22. The molecule has 0 aliphatic carbocycles. The summed E-state index contributed by atoms with van der Waals surface area (Å²) in [6, 6.07) is -0.248. The minimum absolute atomic E-state index is 0.0191. The predicted octanol–water partition coefficient (Wildman–Crippen LogP) is 1.87. The largest absolute Gasteiger partial charge is 0.394 e. The monoisotopic (exact) mass is 284 g/mol. The van der Waals surface area contributed by atoms with E-state index < -0.39 is 0 Å². The van der Waals surface area contributed by atoms with Gasteiger partial charge in [0.2, 0.25) is 5.13 Å². The normalized spacial score (nSPS) is 18.8. The van der Waals surface area contributed by atoms with E-state index in [9.17, 15) is 9.90 Å². The van der Waals surface area contributed by atoms with Gasteiger partial charge in [-0.1, -0.05) is 24.7 Å². The molecular weight excluding hydrogens is 264 g/mol. The van der Waals surface area contributed by atoms with Crippen LogP contribution in [0.5, 0.6) is 0 Å². The Bertz CT molecular complexity index is 424. The van der Waals surface area contributed by atoms with Crippen LogP contribution in [0.25, 0.3) is 0 Å². The summed E-state index contributed by atoms with van der Waals surface area (Å²) in [5.41, 5.74) is 0. The third-order valence-electron chi connectivity index (χ3n) is 3.27. The van der Waals surface area contributed by atoms with Gasteiger partial charge >= 0.3 is 6.03 Å². The van der Waals surface area contributed by atoms with E-state index in [4.69, 9.17) is 0 Å². The van der Waals surface area contributed by atoms with Crippen molar-refractivity contribution in [1.29, 1.82) is 0 Å². The third kappa shape index (κ3) is 3.63. The molecule has 1 saturated heterocycles. The van der Waals surface area contributed by atoms with Gasteiger partial charge in [0, 0.05) is 13.0 Å². The van der Waals surface area contributed by atoms with E-state index in [1.165, 1.54) is 11.3 Å². The zero-order chi connectivity index (χ0) is 13.7. The van der Waals surface area contributed by atoms with Crippen molar-refractivity contribution in [3.8, 4) is 0 Å². The van der Waals surface area contributed by atoms with E-state index in [1.54, 1.807) is 4.90 Å². The van der Waals surface area contributed by atoms with Crippen LogP contribution in [-0.2, 0) is 6.42 Å². The van der Waals surface area contributed by atoms with Crippen molar-refractivity contribution in [3.63, 3.8) is 0 Å². The van der Waals surface area contributed by atoms with Crippen molar-refractivity contribution < 1.29 is 9.90 Å². The van der Waals surface area contributed by atoms with Crippen molar-refractivity contribution in [2.24, 2.45) is 0 Å². The summed E-state index contributed by atoms with van der Waals surface area (Å²) in [6.45, 7) is 2.84. The number of nitrogens with zero attached hydrogens (tertiary/aromatic N) is 3. The van der Waals surface area contributed by atoms with Gasteiger partial charge in [-0.25, -0.2) is 4.79 Å². The molecule has 2 N–H and O–H groups in total. The number of carbonyl (C=O) groups excluding carboxylic acids is 1. The molecular formula is C12H20N4O2S. The van der Waals surface area contributed by atoms with Crippen LogP contribution in [0.4, 0.5) is 9.93 Å². The Kier molecular flexibility index (Phi) is 5.09. The molecule has 1 aromatic rings. The number of anilines is 1. The Labute approximate surface area is 116 Å². The Balaban J connectivity index is 1.89.